The van der Waals surface area contributed by atoms with Gasteiger partial charge in [0.1, 0.15) is 83.9 Å². The number of aromatic nitrogens is 9. The van der Waals surface area contributed by atoms with E-state index in [9.17, 15) is 68.8 Å². The second-order valence-corrected chi connectivity index (χ2v) is 21.4. The minimum absolute atomic E-state index is 0.00816. The number of likely N-dealkylation sites (N-methyl/N-ethyl adjacent to an activating group) is 3. The van der Waals surface area contributed by atoms with Crippen molar-refractivity contribution in [3.05, 3.63) is 210 Å². The van der Waals surface area contributed by atoms with Gasteiger partial charge in [-0.3, -0.25) is 28.7 Å². The van der Waals surface area contributed by atoms with Crippen LogP contribution >= 0.6 is 0 Å². The normalized spacial score (nSPS) is 13.0. The second-order valence-electron chi connectivity index (χ2n) is 21.4. The highest BCUT2D eigenvalue weighted by atomic mass is 19.4. The van der Waals surface area contributed by atoms with Crippen LogP contribution in [0.2, 0.25) is 0 Å². The molecule has 3 aliphatic rings. The van der Waals surface area contributed by atoms with Gasteiger partial charge in [-0.25, -0.2) is 31.9 Å². The lowest BCUT2D eigenvalue weighted by Gasteiger charge is -2.14. The zero-order valence-corrected chi connectivity index (χ0v) is 50.6. The van der Waals surface area contributed by atoms with Gasteiger partial charge in [0.15, 0.2) is 17.4 Å². The molecule has 33 heteroatoms. The largest absolute Gasteiger partial charge is 0.473 e. The summed E-state index contributed by atoms with van der Waals surface area (Å²) in [4.78, 5) is 64.0. The van der Waals surface area contributed by atoms with E-state index in [1.54, 1.807) is 58.6 Å². The molecule has 6 aromatic heterocycles. The van der Waals surface area contributed by atoms with Gasteiger partial charge in [-0.2, -0.15) is 51.8 Å². The summed E-state index contributed by atoms with van der Waals surface area (Å²) in [5.41, 5.74) is -2.18. The van der Waals surface area contributed by atoms with Crippen LogP contribution in [0.3, 0.4) is 0 Å². The third-order valence-corrected chi connectivity index (χ3v) is 14.6. The lowest BCUT2D eigenvalue weighted by Crippen LogP contribution is -2.22. The Morgan fingerprint density at radius 3 is 1.32 bits per heavy atom. The number of rotatable bonds is 16. The molecule has 0 fully saturated rings. The first kappa shape index (κ1) is 67.1. The van der Waals surface area contributed by atoms with Crippen molar-refractivity contribution in [3.63, 3.8) is 0 Å². The maximum Gasteiger partial charge on any atom is 0.433 e. The van der Waals surface area contributed by atoms with E-state index in [1.165, 1.54) is 35.0 Å². The summed E-state index contributed by atoms with van der Waals surface area (Å²) < 4.78 is 170. The topological polar surface area (TPSA) is 256 Å². The van der Waals surface area contributed by atoms with Crippen LogP contribution in [-0.2, 0) is 57.7 Å². The molecule has 0 atom stereocenters. The molecule has 0 unspecified atom stereocenters. The Kier molecular flexibility index (Phi) is 19.5. The maximum atomic E-state index is 14.4. The van der Waals surface area contributed by atoms with Crippen molar-refractivity contribution < 1.29 is 72.3 Å². The van der Waals surface area contributed by atoms with Crippen LogP contribution < -0.4 is 60.2 Å². The molecule has 0 saturated carbocycles. The summed E-state index contributed by atoms with van der Waals surface area (Å²) in [5, 5.41) is 18.9. The lowest BCUT2D eigenvalue weighted by molar-refractivity contribution is -0.141. The molecule has 0 spiro atoms. The van der Waals surface area contributed by atoms with Crippen LogP contribution in [0.1, 0.15) is 51.6 Å². The predicted octanol–water partition coefficient (Wildman–Crippen LogP) is 10.5. The predicted molar refractivity (Wildman–Crippen MR) is 319 cm³/mol. The minimum atomic E-state index is -4.69. The van der Waals surface area contributed by atoms with Gasteiger partial charge in [0, 0.05) is 116 Å². The van der Waals surface area contributed by atoms with Gasteiger partial charge >= 0.3 is 29.4 Å². The summed E-state index contributed by atoms with van der Waals surface area (Å²) in [7, 11) is 5.54. The summed E-state index contributed by atoms with van der Waals surface area (Å²) in [5.74, 6) is -4.05. The minimum Gasteiger partial charge on any atom is -0.473 e. The van der Waals surface area contributed by atoms with Gasteiger partial charge in [-0.15, -0.1) is 0 Å². The number of benzene rings is 3. The van der Waals surface area contributed by atoms with E-state index < -0.39 is 64.0 Å². The second kappa shape index (κ2) is 27.8. The fourth-order valence-corrected chi connectivity index (χ4v) is 9.61. The summed E-state index contributed by atoms with van der Waals surface area (Å²) in [6.45, 7) is 4.28. The highest BCUT2D eigenvalue weighted by Crippen LogP contribution is 2.37. The first-order valence-electron chi connectivity index (χ1n) is 28.4. The highest BCUT2D eigenvalue weighted by Gasteiger charge is 2.34. The fraction of sp³-hybridized carbons (Fsp3) is 0.254. The van der Waals surface area contributed by atoms with E-state index in [4.69, 9.17) is 28.4 Å². The average Bonchev–Trinajstić information content (AvgIpc) is 1.62. The Balaban J connectivity index is 0.000000157. The molecule has 3 aromatic carbocycles. The monoisotopic (exact) mass is 1340 g/mol. The van der Waals surface area contributed by atoms with E-state index in [-0.39, 0.29) is 88.4 Å². The molecular weight excluding hydrogens is 1290 g/mol. The smallest absolute Gasteiger partial charge is 0.433 e. The van der Waals surface area contributed by atoms with E-state index in [1.807, 2.05) is 40.9 Å². The van der Waals surface area contributed by atoms with Gasteiger partial charge in [-0.05, 0) is 71.3 Å². The molecule has 3 aliphatic heterocycles. The Bertz CT molecular complexity index is 4470. The third-order valence-electron chi connectivity index (χ3n) is 14.6. The number of fused-ring (bicyclic) bond motifs is 3. The van der Waals surface area contributed by atoms with Crippen LogP contribution in [0.5, 0.6) is 52.1 Å². The molecule has 0 saturated heterocycles. The summed E-state index contributed by atoms with van der Waals surface area (Å²) in [6, 6.07) is 23.8. The lowest BCUT2D eigenvalue weighted by atomic mass is 10.1. The Labute approximate surface area is 536 Å². The van der Waals surface area contributed by atoms with E-state index >= 15 is 0 Å². The molecule has 23 nitrogen and oxygen atoms in total. The molecule has 496 valence electrons. The van der Waals surface area contributed by atoms with Crippen LogP contribution in [0.15, 0.2) is 136 Å². The van der Waals surface area contributed by atoms with Crippen molar-refractivity contribution in [2.75, 3.05) is 55.5 Å². The van der Waals surface area contributed by atoms with Crippen molar-refractivity contribution in [2.45, 2.75) is 64.7 Å². The quantitative estimate of drug-likeness (QED) is 0.0815. The van der Waals surface area contributed by atoms with Crippen LogP contribution in [-0.4, -0.2) is 84.4 Å². The van der Waals surface area contributed by atoms with Crippen LogP contribution in [0, 0.1) is 34.3 Å². The van der Waals surface area contributed by atoms with E-state index in [0.29, 0.717) is 67.7 Å². The van der Waals surface area contributed by atoms with Gasteiger partial charge in [0.05, 0.1) is 29.1 Å². The molecule has 9 aromatic rings. The molecule has 0 aliphatic carbocycles. The van der Waals surface area contributed by atoms with Crippen molar-refractivity contribution in [1.82, 2.24) is 43.6 Å². The Morgan fingerprint density at radius 1 is 0.479 bits per heavy atom. The van der Waals surface area contributed by atoms with Crippen molar-refractivity contribution in [3.8, 4) is 64.3 Å². The first-order chi connectivity index (χ1) is 45.6. The average molecular weight is 1340 g/mol. The summed E-state index contributed by atoms with van der Waals surface area (Å²) in [6.07, 6.45) is -4.49. The molecule has 12 rings (SSSR count). The third kappa shape index (κ3) is 16.0. The number of nitrogens with zero attached hydrogens (tertiary/aromatic N) is 14. The van der Waals surface area contributed by atoms with Gasteiger partial charge in [0.25, 0.3) is 5.92 Å². The highest BCUT2D eigenvalue weighted by molar-refractivity contribution is 5.51. The molecule has 0 bridgehead atoms. The van der Waals surface area contributed by atoms with Gasteiger partial charge in [0.2, 0.25) is 17.6 Å². The number of hydrogen-bond donors (Lipinski definition) is 0. The number of pyridine rings is 3. The molecule has 96 heavy (non-hydrogen) atoms. The van der Waals surface area contributed by atoms with Crippen molar-refractivity contribution in [2.24, 2.45) is 0 Å². The van der Waals surface area contributed by atoms with E-state index in [2.05, 4.69) is 29.9 Å². The molecule has 9 heterocycles. The maximum absolute atomic E-state index is 14.4. The Hall–Kier alpha value is -11.8. The SMILES string of the molecule is CN1CCn2c1cc(OCc1cc(F)c(Oc3cncc(C(F)(F)F)c3)c(F)c1)nc2=O.CN1CCn2c1cc(OCc1ccc(Oc3ccnc(C(F)(F)F)c3)c(C#N)c1)nc2=O.CN1CCn2c1cc(OCc1ccc(Oc3cncc(C(C)(F)F)c3)c(C#N)c1)nc2=O. The molecule has 0 amide bonds. The first-order valence-corrected chi connectivity index (χ1v) is 28.4. The standard InChI is InChI=1S/C22H19F2N5O3.C21H16F3N5O3.C20H15F5N4O3/c1-22(23,24)16-8-17(12-26-11-16)32-18-4-3-14(7-15(18)10-25)13-31-19-9-20-28(2)5-6-29(20)21(30)27-19;1-28-6-7-29-19(28)10-18(27-20(29)30)31-12-13-2-3-16(14(8-13)11-25)32-15-4-5-26-17(9-15)21(22,23)24;1-28-2-3-29-17(28)7-16(27-19(29)30)31-10-11-4-14(21)18(15(22)5-11)32-13-6-12(8-26-9-13)20(23,24)25/h3-4,7-9,11-12H,5-6,13H2,1-2H3;2-5,8-10H,6-7,12H2,1H3;4-9H,2-3,10H2,1H3. The zero-order valence-electron chi connectivity index (χ0n) is 50.6. The van der Waals surface area contributed by atoms with Gasteiger partial charge < -0.3 is 43.1 Å². The van der Waals surface area contributed by atoms with Gasteiger partial charge in [-0.1, -0.05) is 12.1 Å². The van der Waals surface area contributed by atoms with Crippen molar-refractivity contribution >= 4 is 17.5 Å². The van der Waals surface area contributed by atoms with Crippen LogP contribution in [0.4, 0.5) is 61.4 Å². The number of hydrogen-bond acceptors (Lipinski definition) is 20. The van der Waals surface area contributed by atoms with Crippen LogP contribution in [0.25, 0.3) is 0 Å². The van der Waals surface area contributed by atoms with E-state index in [0.717, 1.165) is 56.1 Å². The number of alkyl halides is 8. The fourth-order valence-electron chi connectivity index (χ4n) is 9.61. The Morgan fingerprint density at radius 2 is 0.896 bits per heavy atom. The number of halogens is 10. The number of ether oxygens (including phenoxy) is 6. The zero-order chi connectivity index (χ0) is 68.8. The summed E-state index contributed by atoms with van der Waals surface area (Å²) >= 11 is 0. The number of anilines is 3. The van der Waals surface area contributed by atoms with Crippen molar-refractivity contribution in [1.29, 1.82) is 10.5 Å². The molecule has 0 radical (unpaired) electrons. The molecule has 0 N–H and O–H groups in total. The number of nitriles is 2. The molecular formula is C63H50F10N14O9.